The van der Waals surface area contributed by atoms with Gasteiger partial charge in [0.15, 0.2) is 6.10 Å². The van der Waals surface area contributed by atoms with Crippen molar-refractivity contribution in [2.75, 3.05) is 13.2 Å². The van der Waals surface area contributed by atoms with Gasteiger partial charge in [0, 0.05) is 19.3 Å². The summed E-state index contributed by atoms with van der Waals surface area (Å²) in [7, 11) is 0. The number of ether oxygens (including phenoxy) is 3. The van der Waals surface area contributed by atoms with Gasteiger partial charge in [-0.05, 0) is 109 Å². The predicted molar refractivity (Wildman–Crippen MR) is 288 cm³/mol. The van der Waals surface area contributed by atoms with Crippen molar-refractivity contribution in [2.24, 2.45) is 0 Å². The predicted octanol–water partition coefficient (Wildman–Crippen LogP) is 19.0. The van der Waals surface area contributed by atoms with Gasteiger partial charge in [-0.15, -0.1) is 0 Å². The monoisotopic (exact) mass is 935 g/mol. The quantitative estimate of drug-likeness (QED) is 0.0262. The third-order valence-electron chi connectivity index (χ3n) is 12.2. The van der Waals surface area contributed by atoms with Crippen LogP contribution in [0.1, 0.15) is 278 Å². The van der Waals surface area contributed by atoms with E-state index in [1.54, 1.807) is 0 Å². The van der Waals surface area contributed by atoms with Gasteiger partial charge >= 0.3 is 17.9 Å². The van der Waals surface area contributed by atoms with Crippen molar-refractivity contribution < 1.29 is 28.6 Å². The Morgan fingerprint density at radius 1 is 0.299 bits per heavy atom. The van der Waals surface area contributed by atoms with Crippen LogP contribution in [0, 0.1) is 0 Å². The average Bonchev–Trinajstić information content (AvgIpc) is 3.33. The molecule has 0 aliphatic carbocycles. The standard InChI is InChI=1S/C61H106O6/c1-4-7-10-13-16-19-22-25-27-29-30-32-34-37-39-42-45-48-51-54-60(63)66-57-58(67-61(64)55-52-49-46-43-40-35-24-21-18-15-12-9-6-3)56-65-59(62)53-50-47-44-41-38-36-33-31-28-26-23-20-17-14-11-8-5-2/h17,20-21,24-28,33,36,41,44,58H,4-16,18-19,22-23,29-32,34-35,37-40,42-43,45-57H2,1-3H3/b20-17-,24-21-,27-25-,28-26-,36-33-,44-41-/t58-/m1/s1. The van der Waals surface area contributed by atoms with E-state index in [9.17, 15) is 14.4 Å². The third-order valence-corrected chi connectivity index (χ3v) is 12.2. The molecule has 0 aromatic rings. The highest BCUT2D eigenvalue weighted by atomic mass is 16.6. The summed E-state index contributed by atoms with van der Waals surface area (Å²) >= 11 is 0. The first-order chi connectivity index (χ1) is 33.0. The van der Waals surface area contributed by atoms with Crippen LogP contribution in [0.4, 0.5) is 0 Å². The van der Waals surface area contributed by atoms with Crippen molar-refractivity contribution >= 4 is 17.9 Å². The Morgan fingerprint density at radius 2 is 0.552 bits per heavy atom. The molecule has 67 heavy (non-hydrogen) atoms. The molecule has 0 spiro atoms. The molecule has 0 amide bonds. The largest absolute Gasteiger partial charge is 0.462 e. The van der Waals surface area contributed by atoms with Gasteiger partial charge in [0.1, 0.15) is 13.2 Å². The SMILES string of the molecule is CCCCC/C=C\C/C=C\C/C=C\C/C=C\CCCC(=O)OC[C@H](COC(=O)CCCCCCCCCCC/C=C\CCCCCCCC)OC(=O)CCCCCCC/C=C\CCCCCC. The lowest BCUT2D eigenvalue weighted by Gasteiger charge is -2.18. The second-order valence-electron chi connectivity index (χ2n) is 18.8. The van der Waals surface area contributed by atoms with Gasteiger partial charge in [-0.2, -0.15) is 0 Å². The van der Waals surface area contributed by atoms with E-state index in [1.807, 2.05) is 0 Å². The smallest absolute Gasteiger partial charge is 0.306 e. The lowest BCUT2D eigenvalue weighted by atomic mass is 10.1. The zero-order valence-electron chi connectivity index (χ0n) is 44.2. The minimum atomic E-state index is -0.802. The number of allylic oxidation sites excluding steroid dienone is 12. The van der Waals surface area contributed by atoms with Crippen LogP contribution in [-0.4, -0.2) is 37.2 Å². The van der Waals surface area contributed by atoms with Gasteiger partial charge in [-0.3, -0.25) is 14.4 Å². The number of esters is 3. The lowest BCUT2D eigenvalue weighted by molar-refractivity contribution is -0.167. The molecule has 0 saturated carbocycles. The zero-order chi connectivity index (χ0) is 48.6. The first kappa shape index (κ1) is 63.8. The number of rotatable bonds is 51. The minimum Gasteiger partial charge on any atom is -0.462 e. The maximum absolute atomic E-state index is 12.8. The molecule has 0 aliphatic heterocycles. The van der Waals surface area contributed by atoms with Gasteiger partial charge in [0.25, 0.3) is 0 Å². The molecule has 0 saturated heterocycles. The molecule has 0 heterocycles. The summed E-state index contributed by atoms with van der Waals surface area (Å²) in [6.07, 6.45) is 70.4. The third kappa shape index (κ3) is 53.7. The summed E-state index contributed by atoms with van der Waals surface area (Å²) in [6.45, 7) is 6.55. The maximum atomic E-state index is 12.8. The highest BCUT2D eigenvalue weighted by Crippen LogP contribution is 2.15. The van der Waals surface area contributed by atoms with Crippen molar-refractivity contribution in [2.45, 2.75) is 284 Å². The summed E-state index contributed by atoms with van der Waals surface area (Å²) in [5.74, 6) is -0.959. The van der Waals surface area contributed by atoms with Crippen molar-refractivity contribution in [3.05, 3.63) is 72.9 Å². The molecule has 6 nitrogen and oxygen atoms in total. The number of carbonyl (C=O) groups is 3. The molecule has 0 radical (unpaired) electrons. The van der Waals surface area contributed by atoms with Gasteiger partial charge < -0.3 is 14.2 Å². The lowest BCUT2D eigenvalue weighted by Crippen LogP contribution is -2.30. The number of hydrogen-bond donors (Lipinski definition) is 0. The van der Waals surface area contributed by atoms with Crippen LogP contribution >= 0.6 is 0 Å². The van der Waals surface area contributed by atoms with Crippen LogP contribution in [0.15, 0.2) is 72.9 Å². The van der Waals surface area contributed by atoms with E-state index in [0.29, 0.717) is 19.3 Å². The van der Waals surface area contributed by atoms with Crippen molar-refractivity contribution in [1.82, 2.24) is 0 Å². The van der Waals surface area contributed by atoms with Crippen molar-refractivity contribution in [3.63, 3.8) is 0 Å². The number of carbonyl (C=O) groups excluding carboxylic acids is 3. The molecule has 0 fully saturated rings. The summed E-state index contributed by atoms with van der Waals surface area (Å²) in [5.41, 5.74) is 0. The van der Waals surface area contributed by atoms with E-state index in [-0.39, 0.29) is 37.5 Å². The summed E-state index contributed by atoms with van der Waals surface area (Å²) < 4.78 is 16.8. The fourth-order valence-electron chi connectivity index (χ4n) is 7.84. The molecule has 0 bridgehead atoms. The molecule has 0 rings (SSSR count). The number of unbranched alkanes of at least 4 members (excludes halogenated alkanes) is 28. The highest BCUT2D eigenvalue weighted by Gasteiger charge is 2.19. The molecule has 0 unspecified atom stereocenters. The van der Waals surface area contributed by atoms with E-state index >= 15 is 0 Å². The second-order valence-corrected chi connectivity index (χ2v) is 18.8. The minimum absolute atomic E-state index is 0.0961. The maximum Gasteiger partial charge on any atom is 0.306 e. The van der Waals surface area contributed by atoms with Crippen LogP contribution in [0.5, 0.6) is 0 Å². The van der Waals surface area contributed by atoms with Gasteiger partial charge in [-0.1, -0.05) is 222 Å². The molecule has 0 aliphatic rings. The van der Waals surface area contributed by atoms with Crippen molar-refractivity contribution in [3.8, 4) is 0 Å². The Morgan fingerprint density at radius 3 is 0.955 bits per heavy atom. The molecule has 0 aromatic heterocycles. The Bertz CT molecular complexity index is 1260. The fourth-order valence-corrected chi connectivity index (χ4v) is 7.84. The van der Waals surface area contributed by atoms with Gasteiger partial charge in [-0.25, -0.2) is 0 Å². The van der Waals surface area contributed by atoms with Crippen LogP contribution in [-0.2, 0) is 28.6 Å². The first-order valence-corrected chi connectivity index (χ1v) is 28.4. The summed E-state index contributed by atoms with van der Waals surface area (Å²) in [6, 6.07) is 0. The summed E-state index contributed by atoms with van der Waals surface area (Å²) in [5, 5.41) is 0. The van der Waals surface area contributed by atoms with E-state index < -0.39 is 6.10 Å². The zero-order valence-corrected chi connectivity index (χ0v) is 44.2. The molecule has 386 valence electrons. The Balaban J connectivity index is 4.43. The Labute approximate surface area is 414 Å². The molecule has 0 N–H and O–H groups in total. The normalized spacial score (nSPS) is 12.6. The topological polar surface area (TPSA) is 78.9 Å². The second kappa shape index (κ2) is 55.4. The Hall–Kier alpha value is -3.15. The van der Waals surface area contributed by atoms with Crippen LogP contribution < -0.4 is 0 Å². The average molecular weight is 936 g/mol. The van der Waals surface area contributed by atoms with Gasteiger partial charge in [0.05, 0.1) is 0 Å². The molecular formula is C61H106O6. The van der Waals surface area contributed by atoms with Gasteiger partial charge in [0.2, 0.25) is 0 Å². The van der Waals surface area contributed by atoms with E-state index in [0.717, 1.165) is 77.0 Å². The first-order valence-electron chi connectivity index (χ1n) is 28.4. The van der Waals surface area contributed by atoms with Crippen LogP contribution in [0.25, 0.3) is 0 Å². The van der Waals surface area contributed by atoms with Crippen molar-refractivity contribution in [1.29, 1.82) is 0 Å². The molecule has 0 aromatic carbocycles. The van der Waals surface area contributed by atoms with Crippen LogP contribution in [0.3, 0.4) is 0 Å². The van der Waals surface area contributed by atoms with E-state index in [2.05, 4.69) is 93.7 Å². The van der Waals surface area contributed by atoms with E-state index in [4.69, 9.17) is 14.2 Å². The molecule has 6 heteroatoms. The summed E-state index contributed by atoms with van der Waals surface area (Å²) in [4.78, 5) is 38.1. The molecule has 1 atom stereocenters. The Kier molecular flexibility index (Phi) is 52.8. The van der Waals surface area contributed by atoms with E-state index in [1.165, 1.54) is 154 Å². The van der Waals surface area contributed by atoms with Crippen LogP contribution in [0.2, 0.25) is 0 Å². The fraction of sp³-hybridized carbons (Fsp3) is 0.754. The highest BCUT2D eigenvalue weighted by molar-refractivity contribution is 5.71. The number of hydrogen-bond acceptors (Lipinski definition) is 6. The molecular weight excluding hydrogens is 829 g/mol.